The molecule has 32 heavy (non-hydrogen) atoms. The van der Waals surface area contributed by atoms with Crippen LogP contribution >= 0.6 is 11.6 Å². The van der Waals surface area contributed by atoms with Crippen LogP contribution in [0.1, 0.15) is 25.3 Å². The fourth-order valence-electron chi connectivity index (χ4n) is 4.01. The average Bonchev–Trinajstić information content (AvgIpc) is 2.74. The highest BCUT2D eigenvalue weighted by molar-refractivity contribution is 6.33. The van der Waals surface area contributed by atoms with Crippen LogP contribution < -0.4 is 4.90 Å². The summed E-state index contributed by atoms with van der Waals surface area (Å²) in [5.74, 6) is -1.12. The van der Waals surface area contributed by atoms with E-state index in [-0.39, 0.29) is 19.0 Å². The molecule has 2 aliphatic heterocycles. The fourth-order valence-corrected chi connectivity index (χ4v) is 4.33. The molecule has 1 N–H and O–H groups in total. The van der Waals surface area contributed by atoms with Crippen molar-refractivity contribution in [2.24, 2.45) is 5.92 Å². The van der Waals surface area contributed by atoms with Crippen LogP contribution in [0.3, 0.4) is 0 Å². The van der Waals surface area contributed by atoms with E-state index in [1.165, 1.54) is 4.90 Å². The van der Waals surface area contributed by atoms with E-state index < -0.39 is 24.3 Å². The molecule has 1 aromatic rings. The number of anilines is 1. The van der Waals surface area contributed by atoms with Crippen LogP contribution in [0.2, 0.25) is 5.02 Å². The van der Waals surface area contributed by atoms with Gasteiger partial charge in [0.05, 0.1) is 16.6 Å². The lowest BCUT2D eigenvalue weighted by molar-refractivity contribution is -0.200. The van der Waals surface area contributed by atoms with Gasteiger partial charge in [0.1, 0.15) is 0 Å². The number of carboxylic acids is 1. The van der Waals surface area contributed by atoms with Gasteiger partial charge in [0, 0.05) is 45.8 Å². The van der Waals surface area contributed by atoms with E-state index in [4.69, 9.17) is 11.6 Å². The van der Waals surface area contributed by atoms with Crippen LogP contribution in [0.5, 0.6) is 0 Å². The Labute approximate surface area is 189 Å². The molecule has 1 aromatic carbocycles. The number of nitrogens with zero attached hydrogens (tertiary/aromatic N) is 3. The van der Waals surface area contributed by atoms with Gasteiger partial charge in [-0.1, -0.05) is 23.7 Å². The zero-order valence-corrected chi connectivity index (χ0v) is 18.5. The Morgan fingerprint density at radius 2 is 1.78 bits per heavy atom. The summed E-state index contributed by atoms with van der Waals surface area (Å²) in [6.45, 7) is 4.10. The van der Waals surface area contributed by atoms with Crippen LogP contribution in [-0.4, -0.2) is 78.5 Å². The lowest BCUT2D eigenvalue weighted by Gasteiger charge is -2.37. The molecule has 2 fully saturated rings. The van der Waals surface area contributed by atoms with E-state index in [0.717, 1.165) is 18.2 Å². The lowest BCUT2D eigenvalue weighted by Crippen LogP contribution is -2.49. The summed E-state index contributed by atoms with van der Waals surface area (Å²) in [6.07, 6.45) is -6.58. The fraction of sp³-hybridized carbons (Fsp3) is 0.619. The molecule has 0 bridgehead atoms. The summed E-state index contributed by atoms with van der Waals surface area (Å²) in [6, 6.07) is 5.63. The Morgan fingerprint density at radius 3 is 2.34 bits per heavy atom. The molecular weight excluding hydrogens is 451 g/mol. The van der Waals surface area contributed by atoms with E-state index >= 15 is 0 Å². The molecule has 1 atom stereocenters. The van der Waals surface area contributed by atoms with Crippen LogP contribution in [0, 0.1) is 5.92 Å². The van der Waals surface area contributed by atoms with Crippen molar-refractivity contribution >= 4 is 29.4 Å². The van der Waals surface area contributed by atoms with Crippen molar-refractivity contribution in [1.29, 1.82) is 0 Å². The molecule has 7 nitrogen and oxygen atoms in total. The van der Waals surface area contributed by atoms with Crippen molar-refractivity contribution in [3.05, 3.63) is 28.8 Å². The lowest BCUT2D eigenvalue weighted by atomic mass is 9.96. The predicted octanol–water partition coefficient (Wildman–Crippen LogP) is 3.85. The number of carbonyl (C=O) groups excluding carboxylic acids is 1. The van der Waals surface area contributed by atoms with Gasteiger partial charge in [-0.2, -0.15) is 13.2 Å². The van der Waals surface area contributed by atoms with Crippen molar-refractivity contribution < 1.29 is 32.6 Å². The topological polar surface area (TPSA) is 73.3 Å². The van der Waals surface area contributed by atoms with Gasteiger partial charge in [-0.15, -0.1) is 0 Å². The highest BCUT2D eigenvalue weighted by Gasteiger charge is 2.40. The molecule has 1 unspecified atom stereocenters. The highest BCUT2D eigenvalue weighted by Crippen LogP contribution is 2.34. The molecule has 11 heteroatoms. The predicted molar refractivity (Wildman–Crippen MR) is 113 cm³/mol. The van der Waals surface area contributed by atoms with Crippen molar-refractivity contribution in [2.75, 3.05) is 44.2 Å². The molecule has 2 aliphatic rings. The standard InChI is InChI=1S/C21H27ClF3N3O4/c1-14(21(23,24)25)32-20(31)28-11-9-26(10-12-28)13-16-3-2-4-17(22)18(16)27-7-5-15(6-8-27)19(29)30/h2-4,14-15H,5-13H2,1H3,(H,29,30). The Morgan fingerprint density at radius 1 is 1.16 bits per heavy atom. The molecule has 1 amide bonds. The number of ether oxygens (including phenoxy) is 1. The van der Waals surface area contributed by atoms with Crippen LogP contribution in [0.4, 0.5) is 23.7 Å². The molecule has 178 valence electrons. The number of para-hydroxylation sites is 1. The second-order valence-electron chi connectivity index (χ2n) is 8.18. The monoisotopic (exact) mass is 477 g/mol. The minimum Gasteiger partial charge on any atom is -0.481 e. The molecular formula is C21H27ClF3N3O4. The SMILES string of the molecule is CC(OC(=O)N1CCN(Cc2cccc(Cl)c2N2CCC(C(=O)O)CC2)CC1)C(F)(F)F. The summed E-state index contributed by atoms with van der Waals surface area (Å²) in [4.78, 5) is 28.8. The van der Waals surface area contributed by atoms with Crippen molar-refractivity contribution in [3.8, 4) is 0 Å². The summed E-state index contributed by atoms with van der Waals surface area (Å²) in [5, 5.41) is 9.82. The average molecular weight is 478 g/mol. The number of amides is 1. The summed E-state index contributed by atoms with van der Waals surface area (Å²) >= 11 is 6.49. The molecule has 3 rings (SSSR count). The summed E-state index contributed by atoms with van der Waals surface area (Å²) in [7, 11) is 0. The minimum absolute atomic E-state index is 0.267. The minimum atomic E-state index is -4.58. The number of halogens is 4. The smallest absolute Gasteiger partial charge is 0.425 e. The van der Waals surface area contributed by atoms with Crippen molar-refractivity contribution in [2.45, 2.75) is 38.6 Å². The first kappa shape index (κ1) is 24.4. The van der Waals surface area contributed by atoms with Gasteiger partial charge in [-0.3, -0.25) is 9.69 Å². The van der Waals surface area contributed by atoms with E-state index in [1.807, 2.05) is 12.1 Å². The largest absolute Gasteiger partial charge is 0.481 e. The number of piperazine rings is 1. The molecule has 2 saturated heterocycles. The molecule has 0 radical (unpaired) electrons. The van der Waals surface area contributed by atoms with Gasteiger partial charge < -0.3 is 19.6 Å². The Kier molecular flexibility index (Phi) is 7.76. The maximum atomic E-state index is 12.6. The Balaban J connectivity index is 1.58. The molecule has 0 saturated carbocycles. The van der Waals surface area contributed by atoms with Gasteiger partial charge >= 0.3 is 18.2 Å². The van der Waals surface area contributed by atoms with E-state index in [1.54, 1.807) is 6.07 Å². The number of benzene rings is 1. The molecule has 0 aliphatic carbocycles. The van der Waals surface area contributed by atoms with Gasteiger partial charge in [-0.05, 0) is 31.4 Å². The zero-order valence-electron chi connectivity index (χ0n) is 17.8. The van der Waals surface area contributed by atoms with Crippen LogP contribution in [0.15, 0.2) is 18.2 Å². The first-order valence-corrected chi connectivity index (χ1v) is 10.9. The second kappa shape index (κ2) is 10.2. The first-order chi connectivity index (χ1) is 15.1. The van der Waals surface area contributed by atoms with Gasteiger partial charge in [0.2, 0.25) is 0 Å². The number of carbonyl (C=O) groups is 2. The van der Waals surface area contributed by atoms with Gasteiger partial charge in [-0.25, -0.2) is 4.79 Å². The number of hydrogen-bond donors (Lipinski definition) is 1. The molecule has 0 aromatic heterocycles. The third-order valence-corrected chi connectivity index (χ3v) is 6.30. The van der Waals surface area contributed by atoms with Crippen LogP contribution in [0.25, 0.3) is 0 Å². The normalized spacial score (nSPS) is 19.7. The Bertz CT molecular complexity index is 823. The second-order valence-corrected chi connectivity index (χ2v) is 8.59. The summed E-state index contributed by atoms with van der Waals surface area (Å²) < 4.78 is 42.4. The highest BCUT2D eigenvalue weighted by atomic mass is 35.5. The van der Waals surface area contributed by atoms with Crippen molar-refractivity contribution in [1.82, 2.24) is 9.80 Å². The van der Waals surface area contributed by atoms with Crippen molar-refractivity contribution in [3.63, 3.8) is 0 Å². The first-order valence-electron chi connectivity index (χ1n) is 10.6. The number of alkyl halides is 3. The zero-order chi connectivity index (χ0) is 23.5. The quantitative estimate of drug-likeness (QED) is 0.694. The maximum Gasteiger partial charge on any atom is 0.425 e. The maximum absolute atomic E-state index is 12.6. The number of rotatable bonds is 5. The number of hydrogen-bond acceptors (Lipinski definition) is 5. The van der Waals surface area contributed by atoms with E-state index in [9.17, 15) is 27.9 Å². The van der Waals surface area contributed by atoms with Crippen LogP contribution in [-0.2, 0) is 16.1 Å². The van der Waals surface area contributed by atoms with Gasteiger partial charge in [0.15, 0.2) is 6.10 Å². The number of aliphatic carboxylic acids is 1. The van der Waals surface area contributed by atoms with E-state index in [2.05, 4.69) is 14.5 Å². The number of piperidine rings is 1. The Hall–Kier alpha value is -2.20. The molecule has 0 spiro atoms. The molecule has 2 heterocycles. The third kappa shape index (κ3) is 5.98. The third-order valence-electron chi connectivity index (χ3n) is 5.99. The van der Waals surface area contributed by atoms with Gasteiger partial charge in [0.25, 0.3) is 0 Å². The number of carboxylic acid groups (broad SMARTS) is 1. The summed E-state index contributed by atoms with van der Waals surface area (Å²) in [5.41, 5.74) is 1.88. The van der Waals surface area contributed by atoms with E-state index in [0.29, 0.717) is 50.6 Å².